The average molecular weight is 171 g/mol. The molecular formula is C11H23O. The number of hydrogen-bond donors (Lipinski definition) is 0. The van der Waals surface area contributed by atoms with Crippen LogP contribution in [0, 0.1) is 6.92 Å². The molecule has 73 valence electrons. The fraction of sp³-hybridized carbons (Fsp3) is 0.909. The van der Waals surface area contributed by atoms with Crippen molar-refractivity contribution in [3.05, 3.63) is 6.92 Å². The van der Waals surface area contributed by atoms with Gasteiger partial charge in [-0.2, -0.15) is 0 Å². The molecule has 1 nitrogen and oxygen atoms in total. The quantitative estimate of drug-likeness (QED) is 0.482. The van der Waals surface area contributed by atoms with Gasteiger partial charge in [-0.15, -0.1) is 0 Å². The lowest BCUT2D eigenvalue weighted by Gasteiger charge is -2.01. The minimum atomic E-state index is 0.621. The van der Waals surface area contributed by atoms with Crippen LogP contribution in [0.1, 0.15) is 51.9 Å². The molecule has 0 aromatic rings. The van der Waals surface area contributed by atoms with Gasteiger partial charge in [0.2, 0.25) is 0 Å². The van der Waals surface area contributed by atoms with Crippen molar-refractivity contribution >= 4 is 0 Å². The lowest BCUT2D eigenvalue weighted by Crippen LogP contribution is -1.93. The smallest absolute Gasteiger partial charge is 0.0466 e. The lowest BCUT2D eigenvalue weighted by molar-refractivity contribution is 0.156. The summed E-state index contributed by atoms with van der Waals surface area (Å²) in [5, 5.41) is 0. The first-order valence-electron chi connectivity index (χ1n) is 5.28. The van der Waals surface area contributed by atoms with Crippen LogP contribution in [0.4, 0.5) is 0 Å². The van der Waals surface area contributed by atoms with Crippen LogP contribution in [0.2, 0.25) is 0 Å². The fourth-order valence-corrected chi connectivity index (χ4v) is 1.26. The van der Waals surface area contributed by atoms with E-state index in [0.717, 1.165) is 6.61 Å². The minimum absolute atomic E-state index is 0.621. The molecule has 0 saturated carbocycles. The molecule has 0 rings (SSSR count). The average Bonchev–Trinajstić information content (AvgIpc) is 2.10. The minimum Gasteiger partial charge on any atom is -0.381 e. The van der Waals surface area contributed by atoms with Crippen molar-refractivity contribution in [1.29, 1.82) is 0 Å². The van der Waals surface area contributed by atoms with Crippen LogP contribution >= 0.6 is 0 Å². The normalized spacial score (nSPS) is 10.5. The molecule has 0 aliphatic rings. The second kappa shape index (κ2) is 11.0. The Balaban J connectivity index is 2.73. The van der Waals surface area contributed by atoms with Gasteiger partial charge in [0.1, 0.15) is 0 Å². The highest BCUT2D eigenvalue weighted by Gasteiger charge is 1.89. The van der Waals surface area contributed by atoms with Crippen molar-refractivity contribution in [2.24, 2.45) is 0 Å². The topological polar surface area (TPSA) is 9.23 Å². The zero-order chi connectivity index (χ0) is 9.07. The summed E-state index contributed by atoms with van der Waals surface area (Å²) in [6.45, 7) is 7.39. The SMILES string of the molecule is [CH2]COCCCCCCCCC. The maximum Gasteiger partial charge on any atom is 0.0466 e. The van der Waals surface area contributed by atoms with E-state index in [1.165, 1.54) is 44.9 Å². The Morgan fingerprint density at radius 2 is 1.50 bits per heavy atom. The molecule has 0 atom stereocenters. The van der Waals surface area contributed by atoms with Crippen LogP contribution in [0.15, 0.2) is 0 Å². The van der Waals surface area contributed by atoms with Gasteiger partial charge < -0.3 is 4.74 Å². The maximum absolute atomic E-state index is 5.15. The molecule has 12 heavy (non-hydrogen) atoms. The summed E-state index contributed by atoms with van der Waals surface area (Å²) in [6.07, 6.45) is 9.46. The standard InChI is InChI=1S/C11H23O/c1-3-5-6-7-8-9-10-11-12-4-2/h2-11H2,1H3. The Morgan fingerprint density at radius 3 is 2.08 bits per heavy atom. The molecule has 0 aliphatic carbocycles. The van der Waals surface area contributed by atoms with E-state index in [4.69, 9.17) is 4.74 Å². The molecule has 0 amide bonds. The van der Waals surface area contributed by atoms with Crippen LogP contribution in [-0.4, -0.2) is 13.2 Å². The summed E-state index contributed by atoms with van der Waals surface area (Å²) in [4.78, 5) is 0. The zero-order valence-corrected chi connectivity index (χ0v) is 8.48. The lowest BCUT2D eigenvalue weighted by atomic mass is 10.1. The third-order valence-electron chi connectivity index (χ3n) is 2.04. The van der Waals surface area contributed by atoms with Crippen LogP contribution in [0.5, 0.6) is 0 Å². The zero-order valence-electron chi connectivity index (χ0n) is 8.48. The third kappa shape index (κ3) is 9.96. The second-order valence-corrected chi connectivity index (χ2v) is 3.23. The number of rotatable bonds is 9. The molecule has 0 aliphatic heterocycles. The first-order chi connectivity index (χ1) is 5.91. The van der Waals surface area contributed by atoms with Crippen molar-refractivity contribution in [1.82, 2.24) is 0 Å². The number of unbranched alkanes of at least 4 members (excludes halogenated alkanes) is 6. The molecule has 0 heterocycles. The summed E-state index contributed by atoms with van der Waals surface area (Å²) < 4.78 is 5.15. The largest absolute Gasteiger partial charge is 0.381 e. The van der Waals surface area contributed by atoms with Crippen molar-refractivity contribution in [2.45, 2.75) is 51.9 Å². The third-order valence-corrected chi connectivity index (χ3v) is 2.04. The van der Waals surface area contributed by atoms with E-state index in [0.29, 0.717) is 6.61 Å². The van der Waals surface area contributed by atoms with Gasteiger partial charge in [-0.05, 0) is 13.3 Å². The molecule has 0 aromatic heterocycles. The summed E-state index contributed by atoms with van der Waals surface area (Å²) in [5.41, 5.74) is 0. The van der Waals surface area contributed by atoms with Crippen LogP contribution in [-0.2, 0) is 4.74 Å². The Kier molecular flexibility index (Phi) is 10.9. The van der Waals surface area contributed by atoms with Crippen LogP contribution < -0.4 is 0 Å². The predicted molar refractivity (Wildman–Crippen MR) is 54.2 cm³/mol. The van der Waals surface area contributed by atoms with Gasteiger partial charge in [0.25, 0.3) is 0 Å². The molecule has 1 heteroatoms. The van der Waals surface area contributed by atoms with E-state index in [-0.39, 0.29) is 0 Å². The van der Waals surface area contributed by atoms with Gasteiger partial charge in [0, 0.05) is 13.2 Å². The van der Waals surface area contributed by atoms with Gasteiger partial charge in [0.15, 0.2) is 0 Å². The summed E-state index contributed by atoms with van der Waals surface area (Å²) in [7, 11) is 0. The molecule has 0 N–H and O–H groups in total. The first kappa shape index (κ1) is 12.0. The highest BCUT2D eigenvalue weighted by molar-refractivity contribution is 4.44. The van der Waals surface area contributed by atoms with E-state index < -0.39 is 0 Å². The van der Waals surface area contributed by atoms with Crippen LogP contribution in [0.25, 0.3) is 0 Å². The van der Waals surface area contributed by atoms with E-state index in [9.17, 15) is 0 Å². The fourth-order valence-electron chi connectivity index (χ4n) is 1.26. The van der Waals surface area contributed by atoms with Gasteiger partial charge in [-0.25, -0.2) is 0 Å². The van der Waals surface area contributed by atoms with Crippen molar-refractivity contribution in [2.75, 3.05) is 13.2 Å². The molecule has 0 spiro atoms. The molecule has 0 fully saturated rings. The predicted octanol–water partition coefficient (Wildman–Crippen LogP) is 3.59. The second-order valence-electron chi connectivity index (χ2n) is 3.23. The summed E-state index contributed by atoms with van der Waals surface area (Å²) >= 11 is 0. The molecule has 0 aromatic carbocycles. The molecule has 0 bridgehead atoms. The van der Waals surface area contributed by atoms with E-state index in [1.54, 1.807) is 0 Å². The Morgan fingerprint density at radius 1 is 0.917 bits per heavy atom. The molecule has 1 radical (unpaired) electrons. The van der Waals surface area contributed by atoms with E-state index in [2.05, 4.69) is 13.8 Å². The molecule has 0 unspecified atom stereocenters. The summed E-state index contributed by atoms with van der Waals surface area (Å²) in [6, 6.07) is 0. The number of hydrogen-bond acceptors (Lipinski definition) is 1. The van der Waals surface area contributed by atoms with Crippen LogP contribution in [0.3, 0.4) is 0 Å². The first-order valence-corrected chi connectivity index (χ1v) is 5.28. The Hall–Kier alpha value is -0.0400. The maximum atomic E-state index is 5.15. The summed E-state index contributed by atoms with van der Waals surface area (Å²) in [5.74, 6) is 0. The van der Waals surface area contributed by atoms with Gasteiger partial charge in [-0.1, -0.05) is 45.4 Å². The van der Waals surface area contributed by atoms with Gasteiger partial charge in [-0.3, -0.25) is 0 Å². The van der Waals surface area contributed by atoms with Crippen molar-refractivity contribution in [3.63, 3.8) is 0 Å². The van der Waals surface area contributed by atoms with Gasteiger partial charge in [0.05, 0.1) is 0 Å². The molecular weight excluding hydrogens is 148 g/mol. The Labute approximate surface area is 77.5 Å². The monoisotopic (exact) mass is 171 g/mol. The van der Waals surface area contributed by atoms with Crippen molar-refractivity contribution < 1.29 is 4.74 Å². The van der Waals surface area contributed by atoms with Gasteiger partial charge >= 0.3 is 0 Å². The highest BCUT2D eigenvalue weighted by Crippen LogP contribution is 2.06. The van der Waals surface area contributed by atoms with Crippen molar-refractivity contribution in [3.8, 4) is 0 Å². The van der Waals surface area contributed by atoms with E-state index >= 15 is 0 Å². The highest BCUT2D eigenvalue weighted by atomic mass is 16.5. The Bertz CT molecular complexity index is 61.4. The molecule has 0 saturated heterocycles. The number of ether oxygens (including phenoxy) is 1. The van der Waals surface area contributed by atoms with E-state index in [1.807, 2.05) is 0 Å².